The molecule has 7 heteroatoms. The minimum atomic E-state index is -0.687. The highest BCUT2D eigenvalue weighted by Gasteiger charge is 2.07. The smallest absolute Gasteiger partial charge is 0.174 e. The SMILES string of the molecule is OCC(O)CSc1nnc(CS)s1. The maximum absolute atomic E-state index is 9.05. The summed E-state index contributed by atoms with van der Waals surface area (Å²) < 4.78 is 0.802. The van der Waals surface area contributed by atoms with Gasteiger partial charge in [0.15, 0.2) is 4.34 Å². The van der Waals surface area contributed by atoms with Crippen LogP contribution in [-0.2, 0) is 5.75 Å². The number of aromatic nitrogens is 2. The molecule has 0 saturated heterocycles. The zero-order valence-electron chi connectivity index (χ0n) is 6.75. The van der Waals surface area contributed by atoms with Gasteiger partial charge < -0.3 is 10.2 Å². The number of hydrogen-bond donors (Lipinski definition) is 3. The normalized spacial score (nSPS) is 13.2. The first kappa shape index (κ1) is 11.3. The third-order valence-corrected chi connectivity index (χ3v) is 3.91. The fraction of sp³-hybridized carbons (Fsp3) is 0.667. The van der Waals surface area contributed by atoms with Crippen LogP contribution in [0.3, 0.4) is 0 Å². The van der Waals surface area contributed by atoms with E-state index in [-0.39, 0.29) is 6.61 Å². The summed E-state index contributed by atoms with van der Waals surface area (Å²) in [6, 6.07) is 0. The van der Waals surface area contributed by atoms with Crippen LogP contribution in [0.5, 0.6) is 0 Å². The zero-order chi connectivity index (χ0) is 9.68. The first-order valence-corrected chi connectivity index (χ1v) is 6.04. The Balaban J connectivity index is 2.36. The fourth-order valence-corrected chi connectivity index (χ4v) is 2.53. The Morgan fingerprint density at radius 1 is 1.54 bits per heavy atom. The van der Waals surface area contributed by atoms with Crippen molar-refractivity contribution in [3.63, 3.8) is 0 Å². The van der Waals surface area contributed by atoms with Gasteiger partial charge in [0.2, 0.25) is 0 Å². The van der Waals surface area contributed by atoms with E-state index in [4.69, 9.17) is 10.2 Å². The summed E-state index contributed by atoms with van der Waals surface area (Å²) in [6.07, 6.45) is -0.687. The molecule has 0 aliphatic heterocycles. The summed E-state index contributed by atoms with van der Waals surface area (Å²) in [5.74, 6) is 1.03. The van der Waals surface area contributed by atoms with Crippen molar-refractivity contribution in [2.24, 2.45) is 0 Å². The summed E-state index contributed by atoms with van der Waals surface area (Å²) in [6.45, 7) is -0.217. The second kappa shape index (κ2) is 5.82. The van der Waals surface area contributed by atoms with E-state index in [1.165, 1.54) is 23.1 Å². The number of aliphatic hydroxyl groups excluding tert-OH is 2. The number of aliphatic hydroxyl groups is 2. The van der Waals surface area contributed by atoms with Gasteiger partial charge in [-0.3, -0.25) is 0 Å². The van der Waals surface area contributed by atoms with Crippen LogP contribution < -0.4 is 0 Å². The van der Waals surface area contributed by atoms with Gasteiger partial charge in [0.25, 0.3) is 0 Å². The van der Waals surface area contributed by atoms with Crippen molar-refractivity contribution in [2.75, 3.05) is 12.4 Å². The molecular formula is C6H10N2O2S3. The lowest BCUT2D eigenvalue weighted by atomic mass is 10.4. The highest BCUT2D eigenvalue weighted by molar-refractivity contribution is 8.01. The Kier molecular flexibility index (Phi) is 5.04. The van der Waals surface area contributed by atoms with Gasteiger partial charge in [-0.2, -0.15) is 12.6 Å². The van der Waals surface area contributed by atoms with E-state index in [1.807, 2.05) is 0 Å². The Morgan fingerprint density at radius 2 is 2.31 bits per heavy atom. The summed E-state index contributed by atoms with van der Waals surface area (Å²) in [5, 5.41) is 26.2. The molecule has 0 bridgehead atoms. The van der Waals surface area contributed by atoms with Crippen LogP contribution in [0, 0.1) is 0 Å². The summed E-state index contributed by atoms with van der Waals surface area (Å²) in [7, 11) is 0. The number of thiol groups is 1. The molecule has 1 unspecified atom stereocenters. The molecule has 0 saturated carbocycles. The third-order valence-electron chi connectivity index (χ3n) is 1.19. The van der Waals surface area contributed by atoms with Crippen molar-refractivity contribution in [3.05, 3.63) is 5.01 Å². The molecule has 0 radical (unpaired) electrons. The molecule has 13 heavy (non-hydrogen) atoms. The number of thioether (sulfide) groups is 1. The van der Waals surface area contributed by atoms with Gasteiger partial charge in [0.1, 0.15) is 5.01 Å². The van der Waals surface area contributed by atoms with Crippen LogP contribution in [0.4, 0.5) is 0 Å². The van der Waals surface area contributed by atoms with Crippen LogP contribution in [0.1, 0.15) is 5.01 Å². The number of hydrogen-bond acceptors (Lipinski definition) is 7. The van der Waals surface area contributed by atoms with Crippen molar-refractivity contribution in [3.8, 4) is 0 Å². The largest absolute Gasteiger partial charge is 0.394 e. The number of nitrogens with zero attached hydrogens (tertiary/aromatic N) is 2. The Morgan fingerprint density at radius 3 is 2.85 bits per heavy atom. The standard InChI is InChI=1S/C6H10N2O2S3/c9-1-4(10)3-12-6-8-7-5(2-11)13-6/h4,9-11H,1-3H2. The van der Waals surface area contributed by atoms with E-state index in [0.717, 1.165) is 9.35 Å². The Bertz CT molecular complexity index is 256. The van der Waals surface area contributed by atoms with Crippen LogP contribution in [-0.4, -0.2) is 38.9 Å². The average Bonchev–Trinajstić information content (AvgIpc) is 2.61. The first-order chi connectivity index (χ1) is 6.26. The minimum Gasteiger partial charge on any atom is -0.394 e. The molecule has 1 atom stereocenters. The van der Waals surface area contributed by atoms with E-state index < -0.39 is 6.10 Å². The second-order valence-electron chi connectivity index (χ2n) is 2.27. The van der Waals surface area contributed by atoms with E-state index in [1.54, 1.807) is 0 Å². The molecule has 2 N–H and O–H groups in total. The van der Waals surface area contributed by atoms with Crippen molar-refractivity contribution >= 4 is 35.7 Å². The quantitative estimate of drug-likeness (QED) is 0.512. The molecule has 0 amide bonds. The maximum atomic E-state index is 9.05. The van der Waals surface area contributed by atoms with E-state index in [2.05, 4.69) is 22.8 Å². The highest BCUT2D eigenvalue weighted by atomic mass is 32.2. The molecule has 0 spiro atoms. The van der Waals surface area contributed by atoms with Crippen LogP contribution in [0.15, 0.2) is 4.34 Å². The predicted octanol–water partition coefficient (Wildman–Crippen LogP) is 0.413. The molecule has 1 aromatic rings. The predicted molar refractivity (Wildman–Crippen MR) is 56.4 cm³/mol. The van der Waals surface area contributed by atoms with Crippen molar-refractivity contribution < 1.29 is 10.2 Å². The highest BCUT2D eigenvalue weighted by Crippen LogP contribution is 2.23. The van der Waals surface area contributed by atoms with Gasteiger partial charge in [-0.1, -0.05) is 23.1 Å². The van der Waals surface area contributed by atoms with Gasteiger partial charge in [0, 0.05) is 11.5 Å². The van der Waals surface area contributed by atoms with Gasteiger partial charge in [-0.15, -0.1) is 10.2 Å². The van der Waals surface area contributed by atoms with Gasteiger partial charge in [-0.05, 0) is 0 Å². The van der Waals surface area contributed by atoms with Crippen molar-refractivity contribution in [1.82, 2.24) is 10.2 Å². The third kappa shape index (κ3) is 3.82. The molecule has 4 nitrogen and oxygen atoms in total. The molecule has 74 valence electrons. The molecule has 1 aromatic heterocycles. The molecular weight excluding hydrogens is 228 g/mol. The minimum absolute atomic E-state index is 0.217. The lowest BCUT2D eigenvalue weighted by Crippen LogP contribution is -2.14. The van der Waals surface area contributed by atoms with Gasteiger partial charge in [0.05, 0.1) is 12.7 Å². The van der Waals surface area contributed by atoms with Gasteiger partial charge in [-0.25, -0.2) is 0 Å². The van der Waals surface area contributed by atoms with E-state index in [0.29, 0.717) is 11.5 Å². The summed E-state index contributed by atoms with van der Waals surface area (Å²) >= 11 is 6.91. The van der Waals surface area contributed by atoms with Crippen LogP contribution >= 0.6 is 35.7 Å². The van der Waals surface area contributed by atoms with Crippen molar-refractivity contribution in [1.29, 1.82) is 0 Å². The zero-order valence-corrected chi connectivity index (χ0v) is 9.28. The molecule has 0 aliphatic rings. The maximum Gasteiger partial charge on any atom is 0.174 e. The Labute approximate surface area is 89.8 Å². The molecule has 1 heterocycles. The molecule has 1 rings (SSSR count). The lowest BCUT2D eigenvalue weighted by molar-refractivity contribution is 0.113. The topological polar surface area (TPSA) is 66.2 Å². The average molecular weight is 238 g/mol. The Hall–Kier alpha value is 0.180. The van der Waals surface area contributed by atoms with Crippen molar-refractivity contribution in [2.45, 2.75) is 16.2 Å². The molecule has 0 fully saturated rings. The first-order valence-electron chi connectivity index (χ1n) is 3.61. The monoisotopic (exact) mass is 238 g/mol. The second-order valence-corrected chi connectivity index (χ2v) is 4.91. The molecule has 0 aromatic carbocycles. The molecule has 0 aliphatic carbocycles. The summed E-state index contributed by atoms with van der Waals surface area (Å²) in [4.78, 5) is 0. The van der Waals surface area contributed by atoms with Crippen LogP contribution in [0.25, 0.3) is 0 Å². The van der Waals surface area contributed by atoms with E-state index >= 15 is 0 Å². The van der Waals surface area contributed by atoms with Gasteiger partial charge >= 0.3 is 0 Å². The fourth-order valence-electron chi connectivity index (χ4n) is 0.581. The van der Waals surface area contributed by atoms with Crippen LogP contribution in [0.2, 0.25) is 0 Å². The van der Waals surface area contributed by atoms with E-state index in [9.17, 15) is 0 Å². The number of rotatable bonds is 5. The summed E-state index contributed by atoms with van der Waals surface area (Å²) in [5.41, 5.74) is 0. The lowest BCUT2D eigenvalue weighted by Gasteiger charge is -2.02.